The van der Waals surface area contributed by atoms with Crippen LogP contribution < -0.4 is 0 Å². The van der Waals surface area contributed by atoms with Gasteiger partial charge in [-0.1, -0.05) is 25.3 Å². The molecule has 1 saturated heterocycles. The highest BCUT2D eigenvalue weighted by atomic mass is 16.6. The highest BCUT2D eigenvalue weighted by Crippen LogP contribution is 2.57. The molecule has 0 aromatic carbocycles. The van der Waals surface area contributed by atoms with E-state index >= 15 is 0 Å². The van der Waals surface area contributed by atoms with E-state index in [0.29, 0.717) is 6.10 Å². The maximum absolute atomic E-state index is 5.89. The monoisotopic (exact) mass is 189 g/mol. The van der Waals surface area contributed by atoms with Crippen molar-refractivity contribution in [3.05, 3.63) is 30.1 Å². The smallest absolute Gasteiger partial charge is 0.114 e. The predicted octanol–water partition coefficient (Wildman–Crippen LogP) is 2.86. The first-order chi connectivity index (χ1) is 6.91. The lowest BCUT2D eigenvalue weighted by molar-refractivity contribution is 0.233. The number of hydrogen-bond acceptors (Lipinski definition) is 2. The Bertz CT molecular complexity index is 316. The molecule has 2 heterocycles. The van der Waals surface area contributed by atoms with Crippen molar-refractivity contribution >= 4 is 0 Å². The van der Waals surface area contributed by atoms with Gasteiger partial charge in [-0.05, 0) is 18.9 Å². The molecule has 0 amide bonds. The van der Waals surface area contributed by atoms with Crippen molar-refractivity contribution in [2.75, 3.05) is 0 Å². The third-order valence-corrected chi connectivity index (χ3v) is 3.46. The number of rotatable bonds is 1. The van der Waals surface area contributed by atoms with Crippen LogP contribution >= 0.6 is 0 Å². The van der Waals surface area contributed by atoms with E-state index in [1.165, 1.54) is 37.7 Å². The molecule has 0 bridgehead atoms. The molecular formula is C12H15NO. The van der Waals surface area contributed by atoms with E-state index in [1.807, 2.05) is 18.5 Å². The molecule has 2 aliphatic rings. The third-order valence-electron chi connectivity index (χ3n) is 3.46. The Hall–Kier alpha value is -0.890. The summed E-state index contributed by atoms with van der Waals surface area (Å²) in [5, 5.41) is 0. The standard InChI is InChI=1S/C12H15NO/c1-2-6-12(7-3-1)11(14-12)10-5-4-8-13-9-10/h4-5,8-9,11H,1-3,6-7H2. The van der Waals surface area contributed by atoms with Gasteiger partial charge in [0.05, 0.1) is 5.60 Å². The number of aromatic nitrogens is 1. The van der Waals surface area contributed by atoms with Crippen LogP contribution in [0.4, 0.5) is 0 Å². The van der Waals surface area contributed by atoms with Crippen LogP contribution in [0.2, 0.25) is 0 Å². The Morgan fingerprint density at radius 2 is 2.14 bits per heavy atom. The minimum absolute atomic E-state index is 0.210. The molecule has 3 rings (SSSR count). The van der Waals surface area contributed by atoms with Crippen LogP contribution in [-0.2, 0) is 4.74 Å². The number of nitrogens with zero attached hydrogens (tertiary/aromatic N) is 1. The summed E-state index contributed by atoms with van der Waals surface area (Å²) in [6.07, 6.45) is 10.6. The van der Waals surface area contributed by atoms with Crippen molar-refractivity contribution in [2.45, 2.75) is 43.8 Å². The first-order valence-electron chi connectivity index (χ1n) is 5.48. The zero-order chi connectivity index (χ0) is 9.43. The van der Waals surface area contributed by atoms with Gasteiger partial charge in [0.1, 0.15) is 6.10 Å². The molecule has 14 heavy (non-hydrogen) atoms. The summed E-state index contributed by atoms with van der Waals surface area (Å²) < 4.78 is 5.89. The maximum atomic E-state index is 5.89. The van der Waals surface area contributed by atoms with E-state index in [4.69, 9.17) is 4.74 Å². The van der Waals surface area contributed by atoms with Crippen LogP contribution in [0, 0.1) is 0 Å². The molecule has 1 aliphatic heterocycles. The Labute approximate surface area is 84.3 Å². The highest BCUT2D eigenvalue weighted by molar-refractivity contribution is 5.23. The predicted molar refractivity (Wildman–Crippen MR) is 53.9 cm³/mol. The van der Waals surface area contributed by atoms with Crippen LogP contribution in [0.5, 0.6) is 0 Å². The summed E-state index contributed by atoms with van der Waals surface area (Å²) >= 11 is 0. The average molecular weight is 189 g/mol. The van der Waals surface area contributed by atoms with Gasteiger partial charge in [-0.2, -0.15) is 0 Å². The van der Waals surface area contributed by atoms with Gasteiger partial charge in [0, 0.05) is 18.0 Å². The minimum atomic E-state index is 0.210. The van der Waals surface area contributed by atoms with Gasteiger partial charge >= 0.3 is 0 Å². The molecule has 0 radical (unpaired) electrons. The molecule has 0 N–H and O–H groups in total. The molecule has 2 nitrogen and oxygen atoms in total. The Balaban J connectivity index is 1.78. The van der Waals surface area contributed by atoms with Gasteiger partial charge < -0.3 is 4.74 Å². The summed E-state index contributed by atoms with van der Waals surface area (Å²) in [6.45, 7) is 0. The van der Waals surface area contributed by atoms with Crippen molar-refractivity contribution in [3.8, 4) is 0 Å². The van der Waals surface area contributed by atoms with E-state index in [1.54, 1.807) is 0 Å². The Kier molecular flexibility index (Phi) is 1.84. The van der Waals surface area contributed by atoms with Crippen LogP contribution in [0.3, 0.4) is 0 Å². The average Bonchev–Trinajstić information content (AvgIpc) is 2.95. The van der Waals surface area contributed by atoms with Gasteiger partial charge in [-0.3, -0.25) is 4.98 Å². The van der Waals surface area contributed by atoms with Crippen LogP contribution in [0.15, 0.2) is 24.5 Å². The van der Waals surface area contributed by atoms with Crippen LogP contribution in [0.1, 0.15) is 43.8 Å². The minimum Gasteiger partial charge on any atom is -0.361 e. The molecule has 1 atom stereocenters. The van der Waals surface area contributed by atoms with Gasteiger partial charge in [0.15, 0.2) is 0 Å². The fraction of sp³-hybridized carbons (Fsp3) is 0.583. The van der Waals surface area contributed by atoms with Gasteiger partial charge in [-0.15, -0.1) is 0 Å². The molecule has 1 aromatic heterocycles. The zero-order valence-corrected chi connectivity index (χ0v) is 8.28. The van der Waals surface area contributed by atoms with E-state index < -0.39 is 0 Å². The number of pyridine rings is 1. The van der Waals surface area contributed by atoms with Gasteiger partial charge in [-0.25, -0.2) is 0 Å². The van der Waals surface area contributed by atoms with Crippen molar-refractivity contribution in [2.24, 2.45) is 0 Å². The lowest BCUT2D eigenvalue weighted by Gasteiger charge is -2.17. The zero-order valence-electron chi connectivity index (χ0n) is 8.28. The maximum Gasteiger partial charge on any atom is 0.114 e. The van der Waals surface area contributed by atoms with E-state index in [-0.39, 0.29) is 5.60 Å². The SMILES string of the molecule is c1cncc(C2OC23CCCCC3)c1. The summed E-state index contributed by atoms with van der Waals surface area (Å²) in [7, 11) is 0. The molecule has 2 fully saturated rings. The quantitative estimate of drug-likeness (QED) is 0.635. The molecule has 1 aliphatic carbocycles. The van der Waals surface area contributed by atoms with Crippen molar-refractivity contribution in [1.82, 2.24) is 4.98 Å². The fourth-order valence-corrected chi connectivity index (χ4v) is 2.63. The largest absolute Gasteiger partial charge is 0.361 e. The van der Waals surface area contributed by atoms with E-state index in [0.717, 1.165) is 0 Å². The fourth-order valence-electron chi connectivity index (χ4n) is 2.63. The second-order valence-electron chi connectivity index (χ2n) is 4.41. The first kappa shape index (κ1) is 8.42. The molecule has 1 aromatic rings. The number of ether oxygens (including phenoxy) is 1. The summed E-state index contributed by atoms with van der Waals surface area (Å²) in [5.41, 5.74) is 1.47. The number of epoxide rings is 1. The van der Waals surface area contributed by atoms with Crippen molar-refractivity contribution in [1.29, 1.82) is 0 Å². The molecular weight excluding hydrogens is 174 g/mol. The Morgan fingerprint density at radius 3 is 2.86 bits per heavy atom. The van der Waals surface area contributed by atoms with Crippen LogP contribution in [0.25, 0.3) is 0 Å². The van der Waals surface area contributed by atoms with Crippen molar-refractivity contribution in [3.63, 3.8) is 0 Å². The molecule has 1 saturated carbocycles. The molecule has 74 valence electrons. The number of hydrogen-bond donors (Lipinski definition) is 0. The lowest BCUT2D eigenvalue weighted by Crippen LogP contribution is -2.16. The van der Waals surface area contributed by atoms with Gasteiger partial charge in [0.2, 0.25) is 0 Å². The molecule has 1 unspecified atom stereocenters. The normalized spacial score (nSPS) is 29.0. The molecule has 1 spiro atoms. The second-order valence-corrected chi connectivity index (χ2v) is 4.41. The summed E-state index contributed by atoms with van der Waals surface area (Å²) in [6, 6.07) is 4.12. The summed E-state index contributed by atoms with van der Waals surface area (Å²) in [5.74, 6) is 0. The lowest BCUT2D eigenvalue weighted by atomic mass is 9.85. The third kappa shape index (κ3) is 1.25. The highest BCUT2D eigenvalue weighted by Gasteiger charge is 2.56. The first-order valence-corrected chi connectivity index (χ1v) is 5.48. The van der Waals surface area contributed by atoms with E-state index in [2.05, 4.69) is 11.1 Å². The Morgan fingerprint density at radius 1 is 1.29 bits per heavy atom. The second kappa shape index (κ2) is 3.06. The summed E-state index contributed by atoms with van der Waals surface area (Å²) in [4.78, 5) is 4.14. The van der Waals surface area contributed by atoms with Gasteiger partial charge in [0.25, 0.3) is 0 Å². The van der Waals surface area contributed by atoms with E-state index in [9.17, 15) is 0 Å². The van der Waals surface area contributed by atoms with Crippen molar-refractivity contribution < 1.29 is 4.74 Å². The topological polar surface area (TPSA) is 25.4 Å². The molecule has 2 heteroatoms. The van der Waals surface area contributed by atoms with Crippen LogP contribution in [-0.4, -0.2) is 10.6 Å².